The van der Waals surface area contributed by atoms with Crippen molar-refractivity contribution < 1.29 is 9.53 Å². The van der Waals surface area contributed by atoms with E-state index in [1.165, 1.54) is 18.4 Å². The SMILES string of the molecule is CCN(CC)c1ccc(/C=c2\sc3n(c2=O)[C@@H](c2ccc(Cl)cc2)C(C(=O)OC)=C(C)N=3)cc1. The van der Waals surface area contributed by atoms with Crippen LogP contribution < -0.4 is 19.8 Å². The van der Waals surface area contributed by atoms with Gasteiger partial charge in [0.15, 0.2) is 4.80 Å². The van der Waals surface area contributed by atoms with Gasteiger partial charge in [-0.1, -0.05) is 47.2 Å². The Bertz CT molecular complexity index is 1420. The molecule has 0 saturated carbocycles. The zero-order chi connectivity index (χ0) is 24.4. The minimum absolute atomic E-state index is 0.203. The predicted molar refractivity (Wildman–Crippen MR) is 137 cm³/mol. The molecular formula is C26H26ClN3O3S. The van der Waals surface area contributed by atoms with Gasteiger partial charge in [-0.2, -0.15) is 0 Å². The Balaban J connectivity index is 1.85. The maximum Gasteiger partial charge on any atom is 0.338 e. The molecule has 0 aliphatic carbocycles. The number of benzene rings is 2. The number of allylic oxidation sites excluding steroid dienone is 1. The molecule has 176 valence electrons. The second-order valence-corrected chi connectivity index (χ2v) is 9.33. The highest BCUT2D eigenvalue weighted by Gasteiger charge is 2.33. The van der Waals surface area contributed by atoms with E-state index in [0.29, 0.717) is 25.6 Å². The monoisotopic (exact) mass is 495 g/mol. The molecule has 0 fully saturated rings. The molecule has 3 aromatic rings. The van der Waals surface area contributed by atoms with Crippen LogP contribution in [-0.2, 0) is 9.53 Å². The van der Waals surface area contributed by atoms with Crippen LogP contribution in [0, 0.1) is 0 Å². The number of hydrogen-bond acceptors (Lipinski definition) is 6. The molecule has 0 unspecified atom stereocenters. The quantitative estimate of drug-likeness (QED) is 0.486. The maximum atomic E-state index is 13.6. The van der Waals surface area contributed by atoms with E-state index in [-0.39, 0.29) is 5.56 Å². The molecule has 0 saturated heterocycles. The number of aromatic nitrogens is 1. The fraction of sp³-hybridized carbons (Fsp3) is 0.269. The van der Waals surface area contributed by atoms with Crippen molar-refractivity contribution in [2.75, 3.05) is 25.1 Å². The summed E-state index contributed by atoms with van der Waals surface area (Å²) in [5.74, 6) is -0.512. The average Bonchev–Trinajstić information content (AvgIpc) is 3.14. The third-order valence-electron chi connectivity index (χ3n) is 5.93. The van der Waals surface area contributed by atoms with Gasteiger partial charge in [0.2, 0.25) is 0 Å². The van der Waals surface area contributed by atoms with Crippen molar-refractivity contribution in [1.29, 1.82) is 0 Å². The Morgan fingerprint density at radius 1 is 1.15 bits per heavy atom. The van der Waals surface area contributed by atoms with Crippen molar-refractivity contribution in [3.8, 4) is 0 Å². The molecule has 0 amide bonds. The zero-order valence-electron chi connectivity index (χ0n) is 19.5. The first kappa shape index (κ1) is 24.0. The third kappa shape index (κ3) is 4.45. The van der Waals surface area contributed by atoms with Crippen molar-refractivity contribution in [2.45, 2.75) is 26.8 Å². The maximum absolute atomic E-state index is 13.6. The number of nitrogens with zero attached hydrogens (tertiary/aromatic N) is 3. The molecule has 8 heteroatoms. The highest BCUT2D eigenvalue weighted by atomic mass is 35.5. The van der Waals surface area contributed by atoms with Crippen molar-refractivity contribution in [1.82, 2.24) is 4.57 Å². The second-order valence-electron chi connectivity index (χ2n) is 7.89. The van der Waals surface area contributed by atoms with Crippen molar-refractivity contribution in [3.63, 3.8) is 0 Å². The van der Waals surface area contributed by atoms with E-state index in [4.69, 9.17) is 16.3 Å². The van der Waals surface area contributed by atoms with Crippen LogP contribution in [-0.4, -0.2) is 30.7 Å². The fourth-order valence-corrected chi connectivity index (χ4v) is 5.35. The number of methoxy groups -OCH3 is 1. The lowest BCUT2D eigenvalue weighted by Gasteiger charge is -2.24. The van der Waals surface area contributed by atoms with E-state index in [9.17, 15) is 9.59 Å². The molecular weight excluding hydrogens is 470 g/mol. The van der Waals surface area contributed by atoms with Crippen molar-refractivity contribution in [3.05, 3.63) is 95.6 Å². The van der Waals surface area contributed by atoms with Crippen LogP contribution in [0.25, 0.3) is 6.08 Å². The molecule has 1 aliphatic rings. The molecule has 34 heavy (non-hydrogen) atoms. The summed E-state index contributed by atoms with van der Waals surface area (Å²) in [5.41, 5.74) is 3.49. The highest BCUT2D eigenvalue weighted by molar-refractivity contribution is 7.07. The average molecular weight is 496 g/mol. The summed E-state index contributed by atoms with van der Waals surface area (Å²) in [4.78, 5) is 33.7. The smallest absolute Gasteiger partial charge is 0.338 e. The summed E-state index contributed by atoms with van der Waals surface area (Å²) in [5, 5.41) is 0.574. The fourth-order valence-electron chi connectivity index (χ4n) is 4.17. The first-order valence-corrected chi connectivity index (χ1v) is 12.3. The van der Waals surface area contributed by atoms with E-state index in [0.717, 1.165) is 29.9 Å². The van der Waals surface area contributed by atoms with Gasteiger partial charge in [0.05, 0.1) is 29.0 Å². The van der Waals surface area contributed by atoms with Gasteiger partial charge in [0, 0.05) is 23.8 Å². The molecule has 1 aromatic heterocycles. The van der Waals surface area contributed by atoms with Gasteiger partial charge in [0.25, 0.3) is 5.56 Å². The number of carbonyl (C=O) groups excluding carboxylic acids is 1. The number of rotatable bonds is 6. The summed E-state index contributed by atoms with van der Waals surface area (Å²) in [6.45, 7) is 7.87. The number of thiazole rings is 1. The van der Waals surface area contributed by atoms with Gasteiger partial charge in [-0.05, 0) is 62.2 Å². The molecule has 1 atom stereocenters. The van der Waals surface area contributed by atoms with Crippen LogP contribution in [0.2, 0.25) is 5.02 Å². The summed E-state index contributed by atoms with van der Waals surface area (Å²) in [6, 6.07) is 14.6. The summed E-state index contributed by atoms with van der Waals surface area (Å²) < 4.78 is 7.16. The number of anilines is 1. The largest absolute Gasteiger partial charge is 0.466 e. The van der Waals surface area contributed by atoms with Gasteiger partial charge >= 0.3 is 5.97 Å². The number of carbonyl (C=O) groups is 1. The molecule has 0 N–H and O–H groups in total. The Morgan fingerprint density at radius 2 is 1.79 bits per heavy atom. The Morgan fingerprint density at radius 3 is 2.38 bits per heavy atom. The Kier molecular flexibility index (Phi) is 7.05. The molecule has 6 nitrogen and oxygen atoms in total. The molecule has 2 heterocycles. The summed E-state index contributed by atoms with van der Waals surface area (Å²) in [7, 11) is 1.33. The van der Waals surface area contributed by atoms with Gasteiger partial charge in [-0.25, -0.2) is 9.79 Å². The van der Waals surface area contributed by atoms with Crippen LogP contribution in [0.3, 0.4) is 0 Å². The number of fused-ring (bicyclic) bond motifs is 1. The normalized spacial score (nSPS) is 15.7. The predicted octanol–water partition coefficient (Wildman–Crippen LogP) is 3.91. The Labute approximate surface area is 207 Å². The van der Waals surface area contributed by atoms with Crippen molar-refractivity contribution in [2.24, 2.45) is 4.99 Å². The van der Waals surface area contributed by atoms with Crippen LogP contribution in [0.4, 0.5) is 5.69 Å². The minimum Gasteiger partial charge on any atom is -0.466 e. The second kappa shape index (κ2) is 9.99. The van der Waals surface area contributed by atoms with Crippen LogP contribution >= 0.6 is 22.9 Å². The molecule has 0 bridgehead atoms. The molecule has 0 radical (unpaired) electrons. The number of hydrogen-bond donors (Lipinski definition) is 0. The van der Waals surface area contributed by atoms with E-state index in [2.05, 4.69) is 35.9 Å². The minimum atomic E-state index is -0.645. The molecule has 4 rings (SSSR count). The van der Waals surface area contributed by atoms with E-state index >= 15 is 0 Å². The number of esters is 1. The van der Waals surface area contributed by atoms with E-state index in [1.807, 2.05) is 30.3 Å². The molecule has 1 aliphatic heterocycles. The number of halogens is 1. The van der Waals surface area contributed by atoms with Crippen LogP contribution in [0.15, 0.2) is 69.6 Å². The third-order valence-corrected chi connectivity index (χ3v) is 7.17. The molecule has 0 spiro atoms. The number of ether oxygens (including phenoxy) is 1. The highest BCUT2D eigenvalue weighted by Crippen LogP contribution is 2.31. The standard InChI is InChI=1S/C26H26ClN3O3S/c1-5-29(6-2)20-13-7-17(8-14-20)15-21-24(31)30-23(18-9-11-19(27)12-10-18)22(25(32)33-4)16(3)28-26(30)34-21/h7-15,23H,5-6H2,1-4H3/b21-15-/t23-/m0/s1. The first-order chi connectivity index (χ1) is 16.4. The van der Waals surface area contributed by atoms with Gasteiger partial charge in [0.1, 0.15) is 0 Å². The lowest BCUT2D eigenvalue weighted by molar-refractivity contribution is -0.136. The van der Waals surface area contributed by atoms with Crippen LogP contribution in [0.5, 0.6) is 0 Å². The van der Waals surface area contributed by atoms with Gasteiger partial charge in [-0.3, -0.25) is 9.36 Å². The van der Waals surface area contributed by atoms with Crippen molar-refractivity contribution >= 4 is 40.7 Å². The van der Waals surface area contributed by atoms with Crippen LogP contribution in [0.1, 0.15) is 37.9 Å². The van der Waals surface area contributed by atoms with E-state index in [1.54, 1.807) is 23.6 Å². The zero-order valence-corrected chi connectivity index (χ0v) is 21.1. The lowest BCUT2D eigenvalue weighted by Crippen LogP contribution is -2.39. The summed E-state index contributed by atoms with van der Waals surface area (Å²) >= 11 is 7.39. The van der Waals surface area contributed by atoms with Gasteiger partial charge < -0.3 is 9.64 Å². The summed E-state index contributed by atoms with van der Waals surface area (Å²) in [6.07, 6.45) is 1.87. The Hall–Kier alpha value is -3.16. The molecule has 2 aromatic carbocycles. The van der Waals surface area contributed by atoms with Gasteiger partial charge in [-0.15, -0.1) is 0 Å². The first-order valence-electron chi connectivity index (χ1n) is 11.1. The van der Waals surface area contributed by atoms with E-state index < -0.39 is 12.0 Å². The topological polar surface area (TPSA) is 63.9 Å². The lowest BCUT2D eigenvalue weighted by atomic mass is 9.96.